The summed E-state index contributed by atoms with van der Waals surface area (Å²) in [5.74, 6) is -0.451. The Hall–Kier alpha value is -1.34. The van der Waals surface area contributed by atoms with E-state index in [2.05, 4.69) is 5.32 Å². The molecule has 0 fully saturated rings. The van der Waals surface area contributed by atoms with Crippen LogP contribution >= 0.6 is 35.4 Å². The molecule has 1 atom stereocenters. The second-order valence-electron chi connectivity index (χ2n) is 5.21. The van der Waals surface area contributed by atoms with Crippen molar-refractivity contribution in [3.05, 3.63) is 45.1 Å². The van der Waals surface area contributed by atoms with E-state index >= 15 is 0 Å². The molecule has 1 aromatic rings. The minimum atomic E-state index is -0.532. The summed E-state index contributed by atoms with van der Waals surface area (Å²) >= 11 is 17.8. The molecule has 0 amide bonds. The van der Waals surface area contributed by atoms with Gasteiger partial charge in [-0.1, -0.05) is 35.3 Å². The van der Waals surface area contributed by atoms with Crippen molar-refractivity contribution in [1.82, 2.24) is 10.2 Å². The first kappa shape index (κ1) is 19.0. The second-order valence-corrected chi connectivity index (χ2v) is 6.38. The Bertz CT molecular complexity index is 694. The van der Waals surface area contributed by atoms with E-state index in [0.717, 1.165) is 0 Å². The predicted octanol–water partition coefficient (Wildman–Crippen LogP) is 3.32. The molecule has 24 heavy (non-hydrogen) atoms. The van der Waals surface area contributed by atoms with Crippen molar-refractivity contribution in [2.75, 3.05) is 27.4 Å². The molecule has 0 aliphatic carbocycles. The van der Waals surface area contributed by atoms with Crippen LogP contribution < -0.4 is 5.32 Å². The highest BCUT2D eigenvalue weighted by molar-refractivity contribution is 7.80. The average Bonchev–Trinajstić information content (AvgIpc) is 2.55. The Morgan fingerprint density at radius 1 is 1.38 bits per heavy atom. The quantitative estimate of drug-likeness (QED) is 0.474. The fourth-order valence-corrected chi connectivity index (χ4v) is 3.04. The van der Waals surface area contributed by atoms with Gasteiger partial charge in [0.15, 0.2) is 5.11 Å². The highest BCUT2D eigenvalue weighted by atomic mass is 35.5. The van der Waals surface area contributed by atoms with Crippen molar-refractivity contribution in [3.8, 4) is 0 Å². The van der Waals surface area contributed by atoms with Crippen molar-refractivity contribution < 1.29 is 14.3 Å². The molecular weight excluding hydrogens is 371 g/mol. The van der Waals surface area contributed by atoms with Crippen molar-refractivity contribution in [3.63, 3.8) is 0 Å². The summed E-state index contributed by atoms with van der Waals surface area (Å²) in [6.07, 6.45) is 0. The molecule has 1 aliphatic heterocycles. The number of carbonyl (C=O) groups excluding carboxylic acids is 1. The number of allylic oxidation sites excluding steroid dienone is 1. The Morgan fingerprint density at radius 3 is 2.75 bits per heavy atom. The van der Waals surface area contributed by atoms with Crippen LogP contribution in [0.1, 0.15) is 18.5 Å². The molecule has 1 N–H and O–H groups in total. The molecule has 1 unspecified atom stereocenters. The molecule has 8 heteroatoms. The number of nitrogens with zero attached hydrogens (tertiary/aromatic N) is 1. The topological polar surface area (TPSA) is 50.8 Å². The van der Waals surface area contributed by atoms with E-state index < -0.39 is 12.0 Å². The lowest BCUT2D eigenvalue weighted by atomic mass is 9.95. The summed E-state index contributed by atoms with van der Waals surface area (Å²) in [5.41, 5.74) is 1.80. The molecule has 130 valence electrons. The maximum Gasteiger partial charge on any atom is 0.338 e. The predicted molar refractivity (Wildman–Crippen MR) is 98.2 cm³/mol. The number of benzene rings is 1. The van der Waals surface area contributed by atoms with E-state index in [0.29, 0.717) is 38.6 Å². The maximum absolute atomic E-state index is 12.6. The molecule has 0 saturated heterocycles. The summed E-state index contributed by atoms with van der Waals surface area (Å²) in [7, 11) is 3.32. The molecule has 0 radical (unpaired) electrons. The number of halogens is 2. The summed E-state index contributed by atoms with van der Waals surface area (Å²) in [6.45, 7) is 2.30. The first-order valence-corrected chi connectivity index (χ1v) is 8.39. The van der Waals surface area contributed by atoms with E-state index in [1.807, 2.05) is 6.92 Å². The van der Waals surface area contributed by atoms with Gasteiger partial charge in [-0.2, -0.15) is 0 Å². The number of carbonyl (C=O) groups is 1. The van der Waals surface area contributed by atoms with Gasteiger partial charge in [0.25, 0.3) is 0 Å². The van der Waals surface area contributed by atoms with Crippen molar-refractivity contribution >= 4 is 46.5 Å². The Balaban J connectivity index is 2.45. The number of thiocarbonyl (C=S) groups is 1. The molecule has 0 bridgehead atoms. The fourth-order valence-electron chi connectivity index (χ4n) is 2.37. The molecule has 5 nitrogen and oxygen atoms in total. The summed E-state index contributed by atoms with van der Waals surface area (Å²) in [4.78, 5) is 14.3. The van der Waals surface area contributed by atoms with Gasteiger partial charge >= 0.3 is 5.97 Å². The van der Waals surface area contributed by atoms with Crippen LogP contribution in [0.4, 0.5) is 0 Å². The lowest BCUT2D eigenvalue weighted by Crippen LogP contribution is -2.46. The zero-order valence-corrected chi connectivity index (χ0v) is 15.9. The third-order valence-electron chi connectivity index (χ3n) is 3.79. The fraction of sp³-hybridized carbons (Fsp3) is 0.375. The minimum Gasteiger partial charge on any atom is -0.460 e. The van der Waals surface area contributed by atoms with Gasteiger partial charge in [-0.3, -0.25) is 0 Å². The monoisotopic (exact) mass is 388 g/mol. The van der Waals surface area contributed by atoms with Gasteiger partial charge in [-0.15, -0.1) is 0 Å². The average molecular weight is 389 g/mol. The number of hydrogen-bond acceptors (Lipinski definition) is 4. The highest BCUT2D eigenvalue weighted by Gasteiger charge is 2.34. The Kier molecular flexibility index (Phi) is 6.46. The molecule has 0 saturated carbocycles. The largest absolute Gasteiger partial charge is 0.460 e. The molecular formula is C16H18Cl2N2O3S. The summed E-state index contributed by atoms with van der Waals surface area (Å²) in [5, 5.41) is 4.40. The van der Waals surface area contributed by atoms with Crippen molar-refractivity contribution in [2.24, 2.45) is 0 Å². The van der Waals surface area contributed by atoms with Crippen LogP contribution in [-0.4, -0.2) is 43.4 Å². The molecule has 1 aliphatic rings. The van der Waals surface area contributed by atoms with E-state index in [4.69, 9.17) is 44.9 Å². The highest BCUT2D eigenvalue weighted by Crippen LogP contribution is 2.37. The lowest BCUT2D eigenvalue weighted by molar-refractivity contribution is -0.140. The first-order valence-electron chi connectivity index (χ1n) is 7.23. The second kappa shape index (κ2) is 8.16. The zero-order valence-electron chi connectivity index (χ0n) is 13.6. The van der Waals surface area contributed by atoms with Gasteiger partial charge in [0, 0.05) is 19.9 Å². The SMILES string of the molecule is COCCOC(=O)C1=C(C)N(C)C(=S)NC1c1cccc(Cl)c1Cl. The Labute approximate surface area is 156 Å². The summed E-state index contributed by atoms with van der Waals surface area (Å²) in [6, 6.07) is 4.73. The van der Waals surface area contributed by atoms with E-state index in [1.165, 1.54) is 0 Å². The number of nitrogens with one attached hydrogen (secondary N) is 1. The standard InChI is InChI=1S/C16H18Cl2N2O3S/c1-9-12(15(21)23-8-7-22-3)14(19-16(24)20(9)2)10-5-4-6-11(17)13(10)18/h4-6,14H,7-8H2,1-3H3,(H,19,24). The first-order chi connectivity index (χ1) is 11.4. The van der Waals surface area contributed by atoms with Crippen LogP contribution in [0.15, 0.2) is 29.5 Å². The normalized spacial score (nSPS) is 17.8. The van der Waals surface area contributed by atoms with Gasteiger partial charge in [-0.05, 0) is 30.8 Å². The number of methoxy groups -OCH3 is 1. The van der Waals surface area contributed by atoms with Gasteiger partial charge < -0.3 is 19.7 Å². The minimum absolute atomic E-state index is 0.163. The lowest BCUT2D eigenvalue weighted by Gasteiger charge is -2.35. The van der Waals surface area contributed by atoms with Crippen LogP contribution in [0, 0.1) is 0 Å². The maximum atomic E-state index is 12.6. The number of esters is 1. The molecule has 1 aromatic carbocycles. The third-order valence-corrected chi connectivity index (χ3v) is 5.01. The van der Waals surface area contributed by atoms with Crippen molar-refractivity contribution in [1.29, 1.82) is 0 Å². The third kappa shape index (κ3) is 3.83. The van der Waals surface area contributed by atoms with Crippen LogP contribution in [0.25, 0.3) is 0 Å². The zero-order chi connectivity index (χ0) is 17.9. The number of rotatable bonds is 5. The van der Waals surface area contributed by atoms with E-state index in [9.17, 15) is 4.79 Å². The Morgan fingerprint density at radius 2 is 2.08 bits per heavy atom. The van der Waals surface area contributed by atoms with Crippen molar-refractivity contribution in [2.45, 2.75) is 13.0 Å². The number of ether oxygens (including phenoxy) is 2. The number of hydrogen-bond donors (Lipinski definition) is 1. The van der Waals surface area contributed by atoms with Crippen LogP contribution in [-0.2, 0) is 14.3 Å². The van der Waals surface area contributed by atoms with Gasteiger partial charge in [0.2, 0.25) is 0 Å². The smallest absolute Gasteiger partial charge is 0.338 e. The molecule has 0 aromatic heterocycles. The molecule has 0 spiro atoms. The van der Waals surface area contributed by atoms with Gasteiger partial charge in [0.05, 0.1) is 28.3 Å². The van der Waals surface area contributed by atoms with Crippen LogP contribution in [0.3, 0.4) is 0 Å². The van der Waals surface area contributed by atoms with Crippen LogP contribution in [0.2, 0.25) is 10.0 Å². The van der Waals surface area contributed by atoms with Gasteiger partial charge in [0.1, 0.15) is 6.61 Å². The van der Waals surface area contributed by atoms with E-state index in [-0.39, 0.29) is 6.61 Å². The summed E-state index contributed by atoms with van der Waals surface area (Å²) < 4.78 is 10.2. The van der Waals surface area contributed by atoms with Crippen LogP contribution in [0.5, 0.6) is 0 Å². The van der Waals surface area contributed by atoms with Gasteiger partial charge in [-0.25, -0.2) is 4.79 Å². The van der Waals surface area contributed by atoms with E-state index in [1.54, 1.807) is 37.3 Å². The molecule has 1 heterocycles. The molecule has 2 rings (SSSR count).